The molecule has 1 aliphatic heterocycles. The van der Waals surface area contributed by atoms with Crippen LogP contribution in [0.1, 0.15) is 30.9 Å². The minimum absolute atomic E-state index is 0.0488. The molecule has 0 aliphatic carbocycles. The number of hydrogen-bond donors (Lipinski definition) is 1. The molecule has 0 saturated carbocycles. The maximum atomic E-state index is 11.0. The van der Waals surface area contributed by atoms with Crippen molar-refractivity contribution in [2.24, 2.45) is 0 Å². The normalized spacial score (nSPS) is 15.9. The fraction of sp³-hybridized carbons (Fsp3) is 0.467. The molecule has 0 radical (unpaired) electrons. The Morgan fingerprint density at radius 1 is 1.42 bits per heavy atom. The SMILES string of the molecule is CC(=O)NC1CCN(c2ccc(C#N)c(C)c2)CC1. The number of benzene rings is 1. The summed E-state index contributed by atoms with van der Waals surface area (Å²) in [4.78, 5) is 13.3. The Morgan fingerprint density at radius 2 is 2.11 bits per heavy atom. The van der Waals surface area contributed by atoms with E-state index in [1.54, 1.807) is 6.92 Å². The molecule has 1 aromatic carbocycles. The highest BCUT2D eigenvalue weighted by atomic mass is 16.1. The summed E-state index contributed by atoms with van der Waals surface area (Å²) in [5.74, 6) is 0.0488. The predicted molar refractivity (Wildman–Crippen MR) is 74.9 cm³/mol. The molecule has 19 heavy (non-hydrogen) atoms. The van der Waals surface area contributed by atoms with Crippen LogP contribution in [0.5, 0.6) is 0 Å². The summed E-state index contributed by atoms with van der Waals surface area (Å²) in [6.07, 6.45) is 1.94. The molecule has 1 heterocycles. The van der Waals surface area contributed by atoms with Crippen LogP contribution >= 0.6 is 0 Å². The second-order valence-corrected chi connectivity index (χ2v) is 5.07. The number of carbonyl (C=O) groups excluding carboxylic acids is 1. The van der Waals surface area contributed by atoms with E-state index in [-0.39, 0.29) is 5.91 Å². The van der Waals surface area contributed by atoms with Crippen molar-refractivity contribution in [2.75, 3.05) is 18.0 Å². The van der Waals surface area contributed by atoms with Crippen LogP contribution in [0.2, 0.25) is 0 Å². The fourth-order valence-corrected chi connectivity index (χ4v) is 2.54. The van der Waals surface area contributed by atoms with Crippen LogP contribution in [-0.4, -0.2) is 25.0 Å². The van der Waals surface area contributed by atoms with Gasteiger partial charge in [0, 0.05) is 31.7 Å². The predicted octanol–water partition coefficient (Wildman–Crippen LogP) is 1.97. The van der Waals surface area contributed by atoms with Crippen LogP contribution in [0, 0.1) is 18.3 Å². The van der Waals surface area contributed by atoms with Gasteiger partial charge in [0.1, 0.15) is 0 Å². The molecule has 0 unspecified atom stereocenters. The summed E-state index contributed by atoms with van der Waals surface area (Å²) in [7, 11) is 0. The van der Waals surface area contributed by atoms with Crippen molar-refractivity contribution in [3.8, 4) is 6.07 Å². The molecule has 0 bridgehead atoms. The minimum atomic E-state index is 0.0488. The summed E-state index contributed by atoms with van der Waals surface area (Å²) in [5.41, 5.74) is 2.92. The third-order valence-electron chi connectivity index (χ3n) is 3.60. The molecule has 2 rings (SSSR count). The Bertz CT molecular complexity index is 511. The molecular formula is C15H19N3O. The van der Waals surface area contributed by atoms with Gasteiger partial charge in [-0.05, 0) is 43.5 Å². The van der Waals surface area contributed by atoms with Crippen molar-refractivity contribution in [1.82, 2.24) is 5.32 Å². The molecule has 0 spiro atoms. The highest BCUT2D eigenvalue weighted by Crippen LogP contribution is 2.22. The quantitative estimate of drug-likeness (QED) is 0.881. The Labute approximate surface area is 114 Å². The number of nitrogens with one attached hydrogen (secondary N) is 1. The first-order chi connectivity index (χ1) is 9.10. The molecule has 1 amide bonds. The average molecular weight is 257 g/mol. The van der Waals surface area contributed by atoms with Crippen LogP contribution < -0.4 is 10.2 Å². The fourth-order valence-electron chi connectivity index (χ4n) is 2.54. The molecule has 100 valence electrons. The van der Waals surface area contributed by atoms with Gasteiger partial charge in [-0.2, -0.15) is 5.26 Å². The lowest BCUT2D eigenvalue weighted by molar-refractivity contribution is -0.119. The van der Waals surface area contributed by atoms with E-state index in [0.29, 0.717) is 6.04 Å². The lowest BCUT2D eigenvalue weighted by Crippen LogP contribution is -2.44. The van der Waals surface area contributed by atoms with Crippen LogP contribution in [0.25, 0.3) is 0 Å². The van der Waals surface area contributed by atoms with Crippen molar-refractivity contribution < 1.29 is 4.79 Å². The topological polar surface area (TPSA) is 56.1 Å². The number of rotatable bonds is 2. The lowest BCUT2D eigenvalue weighted by atomic mass is 10.0. The summed E-state index contributed by atoms with van der Waals surface area (Å²) >= 11 is 0. The van der Waals surface area contributed by atoms with Crippen molar-refractivity contribution in [1.29, 1.82) is 5.26 Å². The zero-order valence-corrected chi connectivity index (χ0v) is 11.4. The molecule has 1 N–H and O–H groups in total. The molecule has 1 saturated heterocycles. The van der Waals surface area contributed by atoms with E-state index in [4.69, 9.17) is 5.26 Å². The first-order valence-corrected chi connectivity index (χ1v) is 6.63. The molecule has 4 heteroatoms. The molecule has 1 fully saturated rings. The molecular weight excluding hydrogens is 238 g/mol. The summed E-state index contributed by atoms with van der Waals surface area (Å²) in [6.45, 7) is 5.41. The number of carbonyl (C=O) groups is 1. The summed E-state index contributed by atoms with van der Waals surface area (Å²) < 4.78 is 0. The van der Waals surface area contributed by atoms with Gasteiger partial charge in [-0.25, -0.2) is 0 Å². The smallest absolute Gasteiger partial charge is 0.217 e. The second-order valence-electron chi connectivity index (χ2n) is 5.07. The van der Waals surface area contributed by atoms with E-state index < -0.39 is 0 Å². The Morgan fingerprint density at radius 3 is 2.63 bits per heavy atom. The Balaban J connectivity index is 2.00. The van der Waals surface area contributed by atoms with Gasteiger partial charge in [0.25, 0.3) is 0 Å². The highest BCUT2D eigenvalue weighted by Gasteiger charge is 2.20. The molecule has 0 aromatic heterocycles. The minimum Gasteiger partial charge on any atom is -0.371 e. The average Bonchev–Trinajstić information content (AvgIpc) is 2.39. The number of piperidine rings is 1. The summed E-state index contributed by atoms with van der Waals surface area (Å²) in [6, 6.07) is 8.44. The zero-order valence-electron chi connectivity index (χ0n) is 11.4. The van der Waals surface area contributed by atoms with Gasteiger partial charge in [-0.3, -0.25) is 4.79 Å². The van der Waals surface area contributed by atoms with Crippen LogP contribution in [-0.2, 0) is 4.79 Å². The van der Waals surface area contributed by atoms with Crippen molar-refractivity contribution in [2.45, 2.75) is 32.7 Å². The molecule has 0 atom stereocenters. The van der Waals surface area contributed by atoms with Crippen molar-refractivity contribution >= 4 is 11.6 Å². The van der Waals surface area contributed by atoms with Gasteiger partial charge in [0.2, 0.25) is 5.91 Å². The largest absolute Gasteiger partial charge is 0.371 e. The van der Waals surface area contributed by atoms with Crippen LogP contribution in [0.3, 0.4) is 0 Å². The second kappa shape index (κ2) is 5.75. The van der Waals surface area contributed by atoms with E-state index in [9.17, 15) is 4.79 Å². The number of nitrogens with zero attached hydrogens (tertiary/aromatic N) is 2. The van der Waals surface area contributed by atoms with Crippen LogP contribution in [0.4, 0.5) is 5.69 Å². The summed E-state index contributed by atoms with van der Waals surface area (Å²) in [5, 5.41) is 11.9. The van der Waals surface area contributed by atoms with Gasteiger partial charge in [0.05, 0.1) is 11.6 Å². The maximum Gasteiger partial charge on any atom is 0.217 e. The van der Waals surface area contributed by atoms with E-state index in [0.717, 1.165) is 42.7 Å². The zero-order chi connectivity index (χ0) is 13.8. The van der Waals surface area contributed by atoms with Crippen LogP contribution in [0.15, 0.2) is 18.2 Å². The number of nitriles is 1. The monoisotopic (exact) mass is 257 g/mol. The highest BCUT2D eigenvalue weighted by molar-refractivity contribution is 5.73. The van der Waals surface area contributed by atoms with Gasteiger partial charge < -0.3 is 10.2 Å². The van der Waals surface area contributed by atoms with Crippen molar-refractivity contribution in [3.63, 3.8) is 0 Å². The number of hydrogen-bond acceptors (Lipinski definition) is 3. The Hall–Kier alpha value is -2.02. The third kappa shape index (κ3) is 3.25. The van der Waals surface area contributed by atoms with Gasteiger partial charge >= 0.3 is 0 Å². The van der Waals surface area contributed by atoms with Gasteiger partial charge in [-0.1, -0.05) is 0 Å². The number of anilines is 1. The number of aryl methyl sites for hydroxylation is 1. The molecule has 1 aliphatic rings. The van der Waals surface area contributed by atoms with Gasteiger partial charge in [0.15, 0.2) is 0 Å². The number of amides is 1. The lowest BCUT2D eigenvalue weighted by Gasteiger charge is -2.34. The van der Waals surface area contributed by atoms with Gasteiger partial charge in [-0.15, -0.1) is 0 Å². The maximum absolute atomic E-state index is 11.0. The van der Waals surface area contributed by atoms with E-state index >= 15 is 0 Å². The molecule has 1 aromatic rings. The first kappa shape index (κ1) is 13.4. The van der Waals surface area contributed by atoms with E-state index in [1.807, 2.05) is 19.1 Å². The van der Waals surface area contributed by atoms with Crippen molar-refractivity contribution in [3.05, 3.63) is 29.3 Å². The van der Waals surface area contributed by atoms with E-state index in [1.165, 1.54) is 0 Å². The first-order valence-electron chi connectivity index (χ1n) is 6.63. The standard InChI is InChI=1S/C15H19N3O/c1-11-9-15(4-3-13(11)10-16)18-7-5-14(6-8-18)17-12(2)19/h3-4,9,14H,5-8H2,1-2H3,(H,17,19). The Kier molecular flexibility index (Phi) is 4.06. The third-order valence-corrected chi connectivity index (χ3v) is 3.60. The van der Waals surface area contributed by atoms with E-state index in [2.05, 4.69) is 22.4 Å². The molecule has 4 nitrogen and oxygen atoms in total.